The lowest BCUT2D eigenvalue weighted by Crippen LogP contribution is -2.44. The van der Waals surface area contributed by atoms with Crippen molar-refractivity contribution in [3.8, 4) is 0 Å². The maximum Gasteiger partial charge on any atom is 0.326 e. The van der Waals surface area contributed by atoms with Crippen LogP contribution in [0.15, 0.2) is 29.1 Å². The van der Waals surface area contributed by atoms with Crippen molar-refractivity contribution in [3.63, 3.8) is 0 Å². The standard InChI is InChI=1S/C13H16N4O2.ClH/c14-13(5-6-13)11(18)15-7-8-17-10-4-2-1-3-9(10)16-12(17)19;/h1-4H,5-8,14H2,(H,15,18)(H,16,19);1H. The van der Waals surface area contributed by atoms with Gasteiger partial charge >= 0.3 is 5.69 Å². The number of amides is 1. The van der Waals surface area contributed by atoms with E-state index in [0.29, 0.717) is 13.1 Å². The van der Waals surface area contributed by atoms with Crippen molar-refractivity contribution in [2.75, 3.05) is 6.54 Å². The number of hydrogen-bond donors (Lipinski definition) is 3. The summed E-state index contributed by atoms with van der Waals surface area (Å²) in [4.78, 5) is 26.2. The molecule has 0 bridgehead atoms. The Morgan fingerprint density at radius 3 is 2.80 bits per heavy atom. The van der Waals surface area contributed by atoms with E-state index in [1.165, 1.54) is 0 Å². The highest BCUT2D eigenvalue weighted by Crippen LogP contribution is 2.31. The molecule has 1 aliphatic rings. The number of nitrogens with one attached hydrogen (secondary N) is 2. The van der Waals surface area contributed by atoms with Gasteiger partial charge in [0.25, 0.3) is 0 Å². The molecule has 20 heavy (non-hydrogen) atoms. The molecule has 1 aromatic carbocycles. The minimum absolute atomic E-state index is 0. The van der Waals surface area contributed by atoms with Crippen molar-refractivity contribution in [2.45, 2.75) is 24.9 Å². The summed E-state index contributed by atoms with van der Waals surface area (Å²) in [5.74, 6) is -0.125. The van der Waals surface area contributed by atoms with Gasteiger partial charge in [0.05, 0.1) is 16.6 Å². The van der Waals surface area contributed by atoms with Crippen LogP contribution < -0.4 is 16.7 Å². The summed E-state index contributed by atoms with van der Waals surface area (Å²) >= 11 is 0. The predicted octanol–water partition coefficient (Wildman–Crippen LogP) is 0.359. The maximum atomic E-state index is 11.8. The highest BCUT2D eigenvalue weighted by atomic mass is 35.5. The molecule has 0 radical (unpaired) electrons. The number of halogens is 1. The summed E-state index contributed by atoms with van der Waals surface area (Å²) < 4.78 is 1.62. The molecule has 7 heteroatoms. The van der Waals surface area contributed by atoms with Crippen LogP contribution in [0.25, 0.3) is 11.0 Å². The van der Waals surface area contributed by atoms with E-state index in [9.17, 15) is 9.59 Å². The molecule has 0 saturated heterocycles. The smallest absolute Gasteiger partial charge is 0.326 e. The third kappa shape index (κ3) is 2.57. The molecule has 1 amide bonds. The first-order valence-electron chi connectivity index (χ1n) is 6.35. The minimum atomic E-state index is -0.662. The fraction of sp³-hybridized carbons (Fsp3) is 0.385. The second-order valence-corrected chi connectivity index (χ2v) is 5.01. The van der Waals surface area contributed by atoms with Gasteiger partial charge in [-0.25, -0.2) is 4.79 Å². The monoisotopic (exact) mass is 296 g/mol. The van der Waals surface area contributed by atoms with Crippen LogP contribution in [0.3, 0.4) is 0 Å². The largest absolute Gasteiger partial charge is 0.353 e. The van der Waals surface area contributed by atoms with E-state index in [0.717, 1.165) is 23.9 Å². The molecule has 1 aromatic heterocycles. The van der Waals surface area contributed by atoms with Crippen LogP contribution in [-0.2, 0) is 11.3 Å². The number of aromatic amines is 1. The summed E-state index contributed by atoms with van der Waals surface area (Å²) in [5, 5.41) is 2.78. The lowest BCUT2D eigenvalue weighted by molar-refractivity contribution is -0.123. The van der Waals surface area contributed by atoms with Crippen LogP contribution in [0.4, 0.5) is 0 Å². The molecular weight excluding hydrogens is 280 g/mol. The molecule has 0 aliphatic heterocycles. The molecule has 1 saturated carbocycles. The lowest BCUT2D eigenvalue weighted by atomic mass is 10.3. The molecule has 1 fully saturated rings. The SMILES string of the molecule is Cl.NC1(C(=O)NCCn2c(=O)[nH]c3ccccc32)CC1. The first kappa shape index (κ1) is 14.6. The highest BCUT2D eigenvalue weighted by molar-refractivity contribution is 5.88. The normalized spacial score (nSPS) is 15.7. The number of imidazole rings is 1. The molecule has 3 rings (SSSR count). The fourth-order valence-electron chi connectivity index (χ4n) is 2.15. The van der Waals surface area contributed by atoms with Crippen LogP contribution in [0.1, 0.15) is 12.8 Å². The molecule has 2 aromatic rings. The van der Waals surface area contributed by atoms with Gasteiger partial charge < -0.3 is 16.0 Å². The molecule has 0 atom stereocenters. The number of carbonyl (C=O) groups is 1. The Kier molecular flexibility index (Phi) is 3.87. The van der Waals surface area contributed by atoms with Crippen molar-refractivity contribution in [1.29, 1.82) is 0 Å². The zero-order chi connectivity index (χ0) is 13.5. The van der Waals surface area contributed by atoms with Crippen molar-refractivity contribution < 1.29 is 4.79 Å². The number of carbonyl (C=O) groups excluding carboxylic acids is 1. The van der Waals surface area contributed by atoms with Crippen molar-refractivity contribution in [1.82, 2.24) is 14.9 Å². The Hall–Kier alpha value is -1.79. The number of hydrogen-bond acceptors (Lipinski definition) is 3. The van der Waals surface area contributed by atoms with Gasteiger partial charge in [-0.1, -0.05) is 12.1 Å². The quantitative estimate of drug-likeness (QED) is 0.760. The van der Waals surface area contributed by atoms with Gasteiger partial charge in [0.2, 0.25) is 5.91 Å². The average molecular weight is 297 g/mol. The Labute approximate surface area is 121 Å². The summed E-state index contributed by atoms with van der Waals surface area (Å²) in [7, 11) is 0. The third-order valence-corrected chi connectivity index (χ3v) is 3.54. The fourth-order valence-corrected chi connectivity index (χ4v) is 2.15. The number of H-pyrrole nitrogens is 1. The molecule has 0 unspecified atom stereocenters. The number of fused-ring (bicyclic) bond motifs is 1. The second-order valence-electron chi connectivity index (χ2n) is 5.01. The van der Waals surface area contributed by atoms with E-state index < -0.39 is 5.54 Å². The third-order valence-electron chi connectivity index (χ3n) is 3.54. The summed E-state index contributed by atoms with van der Waals surface area (Å²) in [6.45, 7) is 0.838. The van der Waals surface area contributed by atoms with Crippen LogP contribution in [0.2, 0.25) is 0 Å². The first-order valence-corrected chi connectivity index (χ1v) is 6.35. The average Bonchev–Trinajstić information content (AvgIpc) is 3.07. The topological polar surface area (TPSA) is 92.9 Å². The Morgan fingerprint density at radius 2 is 2.10 bits per heavy atom. The number of rotatable bonds is 4. The van der Waals surface area contributed by atoms with E-state index in [4.69, 9.17) is 5.73 Å². The Bertz CT molecular complexity index is 687. The number of benzene rings is 1. The maximum absolute atomic E-state index is 11.8. The van der Waals surface area contributed by atoms with Gasteiger partial charge in [-0.2, -0.15) is 0 Å². The zero-order valence-electron chi connectivity index (χ0n) is 10.9. The van der Waals surface area contributed by atoms with Crippen LogP contribution in [0.5, 0.6) is 0 Å². The second kappa shape index (κ2) is 5.30. The van der Waals surface area contributed by atoms with E-state index >= 15 is 0 Å². The van der Waals surface area contributed by atoms with Gasteiger partial charge in [-0.05, 0) is 25.0 Å². The molecule has 6 nitrogen and oxygen atoms in total. The summed E-state index contributed by atoms with van der Waals surface area (Å²) in [5.41, 5.74) is 6.60. The minimum Gasteiger partial charge on any atom is -0.353 e. The van der Waals surface area contributed by atoms with E-state index in [-0.39, 0.29) is 24.0 Å². The van der Waals surface area contributed by atoms with Gasteiger partial charge in [0, 0.05) is 13.1 Å². The lowest BCUT2D eigenvalue weighted by Gasteiger charge is -2.10. The Morgan fingerprint density at radius 1 is 1.40 bits per heavy atom. The van der Waals surface area contributed by atoms with Gasteiger partial charge in [0.1, 0.15) is 0 Å². The van der Waals surface area contributed by atoms with E-state index in [1.807, 2.05) is 24.3 Å². The van der Waals surface area contributed by atoms with E-state index in [1.54, 1.807) is 4.57 Å². The predicted molar refractivity (Wildman–Crippen MR) is 79.0 cm³/mol. The van der Waals surface area contributed by atoms with Crippen molar-refractivity contribution in [3.05, 3.63) is 34.7 Å². The summed E-state index contributed by atoms with van der Waals surface area (Å²) in [6.07, 6.45) is 1.48. The number of aromatic nitrogens is 2. The molecule has 0 spiro atoms. The molecule has 4 N–H and O–H groups in total. The Balaban J connectivity index is 0.00000147. The van der Waals surface area contributed by atoms with Gasteiger partial charge in [-0.3, -0.25) is 9.36 Å². The highest BCUT2D eigenvalue weighted by Gasteiger charge is 2.45. The van der Waals surface area contributed by atoms with Crippen LogP contribution in [-0.4, -0.2) is 27.5 Å². The molecule has 1 heterocycles. The zero-order valence-corrected chi connectivity index (χ0v) is 11.7. The number of para-hydroxylation sites is 2. The number of nitrogens with zero attached hydrogens (tertiary/aromatic N) is 1. The van der Waals surface area contributed by atoms with Gasteiger partial charge in [0.15, 0.2) is 0 Å². The van der Waals surface area contributed by atoms with Crippen LogP contribution >= 0.6 is 12.4 Å². The molecule has 1 aliphatic carbocycles. The van der Waals surface area contributed by atoms with E-state index in [2.05, 4.69) is 10.3 Å². The van der Waals surface area contributed by atoms with Crippen LogP contribution in [0, 0.1) is 0 Å². The van der Waals surface area contributed by atoms with Gasteiger partial charge in [-0.15, -0.1) is 12.4 Å². The molecular formula is C13H17ClN4O2. The number of nitrogens with two attached hydrogens (primary N) is 1. The van der Waals surface area contributed by atoms with Crippen molar-refractivity contribution in [2.24, 2.45) is 5.73 Å². The summed E-state index contributed by atoms with van der Waals surface area (Å²) in [6, 6.07) is 7.48. The molecule has 108 valence electrons. The van der Waals surface area contributed by atoms with Crippen molar-refractivity contribution >= 4 is 29.3 Å². The first-order chi connectivity index (χ1) is 9.10.